The van der Waals surface area contributed by atoms with Crippen molar-refractivity contribution in [1.82, 2.24) is 4.90 Å². The van der Waals surface area contributed by atoms with Crippen molar-refractivity contribution < 1.29 is 9.59 Å². The van der Waals surface area contributed by atoms with Gasteiger partial charge in [-0.1, -0.05) is 6.92 Å². The maximum Gasteiger partial charge on any atom is 0.344 e. The summed E-state index contributed by atoms with van der Waals surface area (Å²) >= 11 is 0. The highest BCUT2D eigenvalue weighted by atomic mass is 16.2. The summed E-state index contributed by atoms with van der Waals surface area (Å²) in [5.41, 5.74) is 0.394. The Morgan fingerprint density at radius 2 is 2.25 bits per heavy atom. The van der Waals surface area contributed by atoms with Gasteiger partial charge in [0, 0.05) is 13.5 Å². The predicted molar refractivity (Wildman–Crippen MR) is 45.4 cm³/mol. The van der Waals surface area contributed by atoms with E-state index in [1.807, 2.05) is 0 Å². The second kappa shape index (κ2) is 3.05. The Bertz CT molecular complexity index is 258. The molecule has 1 atom stereocenters. The molecule has 4 nitrogen and oxygen atoms in total. The molecule has 0 fully saturated rings. The van der Waals surface area contributed by atoms with Crippen molar-refractivity contribution in [2.75, 3.05) is 7.05 Å². The van der Waals surface area contributed by atoms with Crippen molar-refractivity contribution in [2.24, 2.45) is 4.99 Å². The zero-order chi connectivity index (χ0) is 9.30. The Kier molecular flexibility index (Phi) is 2.26. The summed E-state index contributed by atoms with van der Waals surface area (Å²) < 4.78 is 0. The molecule has 0 N–H and O–H groups in total. The molecular weight excluding hydrogens is 156 g/mol. The smallest absolute Gasteiger partial charge is 0.317 e. The number of urea groups is 1. The van der Waals surface area contributed by atoms with Gasteiger partial charge in [-0.05, 0) is 6.92 Å². The van der Waals surface area contributed by atoms with Crippen LogP contribution in [0.15, 0.2) is 4.99 Å². The lowest BCUT2D eigenvalue weighted by molar-refractivity contribution is -0.112. The van der Waals surface area contributed by atoms with Crippen molar-refractivity contribution in [3.05, 3.63) is 0 Å². The van der Waals surface area contributed by atoms with Gasteiger partial charge in [-0.2, -0.15) is 4.99 Å². The lowest BCUT2D eigenvalue weighted by Gasteiger charge is -2.14. The number of nitrogens with zero attached hydrogens (tertiary/aromatic N) is 2. The Hall–Kier alpha value is -1.19. The first-order chi connectivity index (χ1) is 5.57. The minimum atomic E-state index is -0.320. The standard InChI is InChI=1S/C8H12N2O2/c1-4-6(11)7-5(2)10(3)8(12)9-7/h5H,4H2,1-3H3. The highest BCUT2D eigenvalue weighted by molar-refractivity contribution is 6.44. The van der Waals surface area contributed by atoms with Crippen LogP contribution in [0.1, 0.15) is 20.3 Å². The molecule has 1 aliphatic rings. The molecule has 4 heteroatoms. The fourth-order valence-electron chi connectivity index (χ4n) is 1.10. The number of rotatable bonds is 2. The third-order valence-corrected chi connectivity index (χ3v) is 2.10. The molecule has 0 aliphatic carbocycles. The zero-order valence-corrected chi connectivity index (χ0v) is 7.50. The van der Waals surface area contributed by atoms with Gasteiger partial charge >= 0.3 is 6.03 Å². The van der Waals surface area contributed by atoms with Gasteiger partial charge in [0.05, 0.1) is 6.04 Å². The Morgan fingerprint density at radius 1 is 1.67 bits per heavy atom. The fourth-order valence-corrected chi connectivity index (χ4v) is 1.10. The number of carbonyl (C=O) groups is 2. The lowest BCUT2D eigenvalue weighted by atomic mass is 10.1. The molecule has 1 aliphatic heterocycles. The first kappa shape index (κ1) is 8.90. The third-order valence-electron chi connectivity index (χ3n) is 2.10. The number of hydrogen-bond donors (Lipinski definition) is 0. The molecule has 0 spiro atoms. The van der Waals surface area contributed by atoms with Crippen molar-refractivity contribution in [1.29, 1.82) is 0 Å². The van der Waals surface area contributed by atoms with Crippen molar-refractivity contribution in [3.8, 4) is 0 Å². The molecule has 2 amide bonds. The van der Waals surface area contributed by atoms with E-state index in [2.05, 4.69) is 4.99 Å². The van der Waals surface area contributed by atoms with E-state index < -0.39 is 0 Å². The molecule has 66 valence electrons. The molecular formula is C8H12N2O2. The van der Waals surface area contributed by atoms with Crippen LogP contribution < -0.4 is 0 Å². The van der Waals surface area contributed by atoms with Crippen LogP contribution in [0.4, 0.5) is 4.79 Å². The van der Waals surface area contributed by atoms with Gasteiger partial charge < -0.3 is 4.90 Å². The normalized spacial score (nSPS) is 22.9. The first-order valence-corrected chi connectivity index (χ1v) is 3.96. The SMILES string of the molecule is CCC(=O)C1=NC(=O)N(C)C1C. The topological polar surface area (TPSA) is 49.7 Å². The molecule has 1 unspecified atom stereocenters. The average Bonchev–Trinajstić information content (AvgIpc) is 2.32. The van der Waals surface area contributed by atoms with Crippen molar-refractivity contribution >= 4 is 17.5 Å². The second-order valence-corrected chi connectivity index (χ2v) is 2.84. The van der Waals surface area contributed by atoms with E-state index in [4.69, 9.17) is 0 Å². The van der Waals surface area contributed by atoms with Crippen molar-refractivity contribution in [3.63, 3.8) is 0 Å². The van der Waals surface area contributed by atoms with Gasteiger partial charge in [-0.15, -0.1) is 0 Å². The summed E-state index contributed by atoms with van der Waals surface area (Å²) in [6.07, 6.45) is 0.407. The van der Waals surface area contributed by atoms with E-state index in [1.54, 1.807) is 20.9 Å². The number of hydrogen-bond acceptors (Lipinski definition) is 2. The summed E-state index contributed by atoms with van der Waals surface area (Å²) in [7, 11) is 1.65. The third kappa shape index (κ3) is 1.24. The summed E-state index contributed by atoms with van der Waals surface area (Å²) in [4.78, 5) is 27.3. The van der Waals surface area contributed by atoms with E-state index in [0.717, 1.165) is 0 Å². The Labute approximate surface area is 71.3 Å². The monoisotopic (exact) mass is 168 g/mol. The number of amides is 2. The lowest BCUT2D eigenvalue weighted by Crippen LogP contribution is -2.34. The van der Waals surface area contributed by atoms with Gasteiger partial charge in [0.25, 0.3) is 0 Å². The Morgan fingerprint density at radius 3 is 2.58 bits per heavy atom. The van der Waals surface area contributed by atoms with Crippen LogP contribution in [0.5, 0.6) is 0 Å². The van der Waals surface area contributed by atoms with E-state index in [1.165, 1.54) is 4.90 Å². The summed E-state index contributed by atoms with van der Waals surface area (Å²) in [5.74, 6) is -0.0415. The quantitative estimate of drug-likeness (QED) is 0.614. The highest BCUT2D eigenvalue weighted by Crippen LogP contribution is 2.11. The van der Waals surface area contributed by atoms with Gasteiger partial charge in [0.15, 0.2) is 5.78 Å². The van der Waals surface area contributed by atoms with Crippen LogP contribution in [-0.4, -0.2) is 35.5 Å². The minimum Gasteiger partial charge on any atom is -0.317 e. The number of Topliss-reactive ketones (excluding diaryl/α,β-unsaturated/α-hetero) is 1. The molecule has 0 aromatic heterocycles. The van der Waals surface area contributed by atoms with E-state index in [0.29, 0.717) is 12.1 Å². The molecule has 0 radical (unpaired) electrons. The summed E-state index contributed by atoms with van der Waals surface area (Å²) in [6, 6.07) is -0.482. The first-order valence-electron chi connectivity index (χ1n) is 3.96. The van der Waals surface area contributed by atoms with Crippen LogP contribution in [0.3, 0.4) is 0 Å². The van der Waals surface area contributed by atoms with Crippen LogP contribution in [0.2, 0.25) is 0 Å². The van der Waals surface area contributed by atoms with E-state index >= 15 is 0 Å². The molecule has 0 bridgehead atoms. The molecule has 0 aromatic carbocycles. The maximum absolute atomic E-state index is 11.2. The largest absolute Gasteiger partial charge is 0.344 e. The second-order valence-electron chi connectivity index (χ2n) is 2.84. The molecule has 0 saturated carbocycles. The number of ketones is 1. The molecule has 12 heavy (non-hydrogen) atoms. The minimum absolute atomic E-state index is 0.0415. The average molecular weight is 168 g/mol. The van der Waals surface area contributed by atoms with Gasteiger partial charge in [-0.3, -0.25) is 4.79 Å². The highest BCUT2D eigenvalue weighted by Gasteiger charge is 2.31. The fraction of sp³-hybridized carbons (Fsp3) is 0.625. The summed E-state index contributed by atoms with van der Waals surface area (Å²) in [6.45, 7) is 3.57. The molecule has 0 saturated heterocycles. The van der Waals surface area contributed by atoms with Gasteiger partial charge in [0.1, 0.15) is 5.71 Å². The zero-order valence-electron chi connectivity index (χ0n) is 7.50. The van der Waals surface area contributed by atoms with Crippen LogP contribution in [0, 0.1) is 0 Å². The van der Waals surface area contributed by atoms with E-state index in [9.17, 15) is 9.59 Å². The van der Waals surface area contributed by atoms with Crippen LogP contribution >= 0.6 is 0 Å². The molecule has 0 aromatic rings. The van der Waals surface area contributed by atoms with Crippen LogP contribution in [0.25, 0.3) is 0 Å². The van der Waals surface area contributed by atoms with Crippen LogP contribution in [-0.2, 0) is 4.79 Å². The maximum atomic E-state index is 11.2. The molecule has 1 heterocycles. The number of carbonyl (C=O) groups excluding carboxylic acids is 2. The molecule has 1 rings (SSSR count). The van der Waals surface area contributed by atoms with Gasteiger partial charge in [0.2, 0.25) is 0 Å². The predicted octanol–water partition coefficient (Wildman–Crippen LogP) is 0.860. The summed E-state index contributed by atoms with van der Waals surface area (Å²) in [5, 5.41) is 0. The van der Waals surface area contributed by atoms with E-state index in [-0.39, 0.29) is 17.9 Å². The Balaban J connectivity index is 2.87. The van der Waals surface area contributed by atoms with Gasteiger partial charge in [-0.25, -0.2) is 4.79 Å². The number of aliphatic imine (C=N–C) groups is 1. The van der Waals surface area contributed by atoms with Crippen molar-refractivity contribution in [2.45, 2.75) is 26.3 Å².